The summed E-state index contributed by atoms with van der Waals surface area (Å²) in [7, 11) is 3.71. The van der Waals surface area contributed by atoms with Crippen LogP contribution in [0.2, 0.25) is 0 Å². The van der Waals surface area contributed by atoms with Gasteiger partial charge in [-0.15, -0.1) is 0 Å². The first-order valence-corrected chi connectivity index (χ1v) is 6.30. The largest absolute Gasteiger partial charge is 0.496 e. The second-order valence-electron chi connectivity index (χ2n) is 4.20. The zero-order valence-electron chi connectivity index (χ0n) is 11.1. The van der Waals surface area contributed by atoms with E-state index in [1.807, 2.05) is 7.05 Å². The Morgan fingerprint density at radius 1 is 1.41 bits per heavy atom. The van der Waals surface area contributed by atoms with Gasteiger partial charge in [-0.05, 0) is 44.5 Å². The molecule has 3 N–H and O–H groups in total. The van der Waals surface area contributed by atoms with Gasteiger partial charge in [0.05, 0.1) is 7.11 Å². The third-order valence-electron chi connectivity index (χ3n) is 3.12. The number of benzene rings is 1. The lowest BCUT2D eigenvalue weighted by molar-refractivity contribution is 0.397. The van der Waals surface area contributed by atoms with Crippen LogP contribution >= 0.6 is 0 Å². The lowest BCUT2D eigenvalue weighted by atomic mass is 9.98. The molecule has 3 heteroatoms. The van der Waals surface area contributed by atoms with Gasteiger partial charge in [0.2, 0.25) is 0 Å². The Morgan fingerprint density at radius 2 is 2.18 bits per heavy atom. The molecular formula is C14H24N2O. The Labute approximate surface area is 104 Å². The van der Waals surface area contributed by atoms with Crippen molar-refractivity contribution in [3.8, 4) is 5.75 Å². The molecule has 17 heavy (non-hydrogen) atoms. The van der Waals surface area contributed by atoms with E-state index in [1.165, 1.54) is 11.1 Å². The molecule has 0 saturated heterocycles. The van der Waals surface area contributed by atoms with Crippen LogP contribution in [0.4, 0.5) is 0 Å². The van der Waals surface area contributed by atoms with E-state index in [0.717, 1.165) is 31.6 Å². The fourth-order valence-electron chi connectivity index (χ4n) is 2.05. The van der Waals surface area contributed by atoms with E-state index in [1.54, 1.807) is 7.11 Å². The fraction of sp³-hybridized carbons (Fsp3) is 0.571. The van der Waals surface area contributed by atoms with Gasteiger partial charge in [-0.2, -0.15) is 0 Å². The third-order valence-corrected chi connectivity index (χ3v) is 3.12. The number of hydrogen-bond acceptors (Lipinski definition) is 3. The molecule has 3 nitrogen and oxygen atoms in total. The Balaban J connectivity index is 2.97. The summed E-state index contributed by atoms with van der Waals surface area (Å²) in [5.41, 5.74) is 8.16. The molecule has 0 spiro atoms. The lowest BCUT2D eigenvalue weighted by Crippen LogP contribution is -2.18. The summed E-state index contributed by atoms with van der Waals surface area (Å²) in [5.74, 6) is 0.957. The summed E-state index contributed by atoms with van der Waals surface area (Å²) in [6.45, 7) is 2.90. The normalized spacial score (nSPS) is 12.5. The molecule has 0 fully saturated rings. The molecule has 0 aromatic heterocycles. The highest BCUT2D eigenvalue weighted by Crippen LogP contribution is 2.29. The minimum Gasteiger partial charge on any atom is -0.496 e. The van der Waals surface area contributed by atoms with Crippen LogP contribution in [0.5, 0.6) is 5.75 Å². The van der Waals surface area contributed by atoms with Crippen molar-refractivity contribution in [1.82, 2.24) is 5.32 Å². The van der Waals surface area contributed by atoms with Crippen LogP contribution in [0.15, 0.2) is 18.2 Å². The Morgan fingerprint density at radius 3 is 2.71 bits per heavy atom. The van der Waals surface area contributed by atoms with Crippen LogP contribution < -0.4 is 15.8 Å². The number of rotatable bonds is 7. The predicted molar refractivity (Wildman–Crippen MR) is 72.5 cm³/mol. The number of aryl methyl sites for hydroxylation is 1. The molecule has 0 aliphatic carbocycles. The summed E-state index contributed by atoms with van der Waals surface area (Å²) < 4.78 is 5.44. The first-order valence-electron chi connectivity index (χ1n) is 6.30. The van der Waals surface area contributed by atoms with E-state index in [-0.39, 0.29) is 0 Å². The van der Waals surface area contributed by atoms with Crippen molar-refractivity contribution in [2.45, 2.75) is 32.2 Å². The molecule has 96 valence electrons. The van der Waals surface area contributed by atoms with Gasteiger partial charge < -0.3 is 15.8 Å². The molecule has 1 aromatic carbocycles. The van der Waals surface area contributed by atoms with E-state index in [4.69, 9.17) is 10.5 Å². The van der Waals surface area contributed by atoms with Crippen molar-refractivity contribution in [1.29, 1.82) is 0 Å². The summed E-state index contributed by atoms with van der Waals surface area (Å²) in [4.78, 5) is 0. The van der Waals surface area contributed by atoms with Crippen LogP contribution in [0, 0.1) is 0 Å². The quantitative estimate of drug-likeness (QED) is 0.763. The van der Waals surface area contributed by atoms with Crippen molar-refractivity contribution < 1.29 is 4.74 Å². The van der Waals surface area contributed by atoms with Crippen LogP contribution in [-0.4, -0.2) is 20.7 Å². The molecular weight excluding hydrogens is 212 g/mol. The maximum absolute atomic E-state index is 5.58. The molecule has 0 aliphatic heterocycles. The number of nitrogens with one attached hydrogen (secondary N) is 1. The molecule has 0 aliphatic rings. The first-order chi connectivity index (χ1) is 8.26. The van der Waals surface area contributed by atoms with Gasteiger partial charge in [-0.3, -0.25) is 0 Å². The van der Waals surface area contributed by atoms with Crippen molar-refractivity contribution >= 4 is 0 Å². The van der Waals surface area contributed by atoms with Crippen LogP contribution in [-0.2, 0) is 6.42 Å². The molecule has 0 bridgehead atoms. The molecule has 0 saturated carbocycles. The van der Waals surface area contributed by atoms with Crippen molar-refractivity contribution in [2.24, 2.45) is 5.73 Å². The summed E-state index contributed by atoms with van der Waals surface area (Å²) in [6.07, 6.45) is 3.10. The van der Waals surface area contributed by atoms with E-state index in [2.05, 4.69) is 30.4 Å². The van der Waals surface area contributed by atoms with E-state index < -0.39 is 0 Å². The SMILES string of the molecule is CCc1ccc(OC)c(C(CCCN)NC)c1. The summed E-state index contributed by atoms with van der Waals surface area (Å²) in [6, 6.07) is 6.73. The van der Waals surface area contributed by atoms with Gasteiger partial charge in [0.25, 0.3) is 0 Å². The number of hydrogen-bond donors (Lipinski definition) is 2. The smallest absolute Gasteiger partial charge is 0.123 e. The van der Waals surface area contributed by atoms with Crippen LogP contribution in [0.1, 0.15) is 36.9 Å². The standard InChI is InChI=1S/C14H24N2O/c1-4-11-7-8-14(17-3)12(10-11)13(16-2)6-5-9-15/h7-8,10,13,16H,4-6,9,15H2,1-3H3. The second kappa shape index (κ2) is 7.30. The zero-order valence-corrected chi connectivity index (χ0v) is 11.1. The van der Waals surface area contributed by atoms with E-state index >= 15 is 0 Å². The Bertz CT molecular complexity index is 339. The fourth-order valence-corrected chi connectivity index (χ4v) is 2.05. The topological polar surface area (TPSA) is 47.3 Å². The molecule has 0 radical (unpaired) electrons. The monoisotopic (exact) mass is 236 g/mol. The van der Waals surface area contributed by atoms with Crippen LogP contribution in [0.3, 0.4) is 0 Å². The molecule has 1 unspecified atom stereocenters. The minimum atomic E-state index is 0.319. The maximum Gasteiger partial charge on any atom is 0.123 e. The summed E-state index contributed by atoms with van der Waals surface area (Å²) >= 11 is 0. The molecule has 0 amide bonds. The van der Waals surface area contributed by atoms with Gasteiger partial charge in [0.1, 0.15) is 5.75 Å². The van der Waals surface area contributed by atoms with Crippen LogP contribution in [0.25, 0.3) is 0 Å². The minimum absolute atomic E-state index is 0.319. The second-order valence-corrected chi connectivity index (χ2v) is 4.20. The van der Waals surface area contributed by atoms with Gasteiger partial charge >= 0.3 is 0 Å². The van der Waals surface area contributed by atoms with E-state index in [9.17, 15) is 0 Å². The Hall–Kier alpha value is -1.06. The number of methoxy groups -OCH3 is 1. The van der Waals surface area contributed by atoms with Crippen molar-refractivity contribution in [3.63, 3.8) is 0 Å². The summed E-state index contributed by atoms with van der Waals surface area (Å²) in [5, 5.41) is 3.34. The lowest BCUT2D eigenvalue weighted by Gasteiger charge is -2.20. The predicted octanol–water partition coefficient (Wildman–Crippen LogP) is 2.26. The highest BCUT2D eigenvalue weighted by molar-refractivity contribution is 5.39. The molecule has 1 aromatic rings. The number of ether oxygens (including phenoxy) is 1. The first kappa shape index (κ1) is 14.0. The van der Waals surface area contributed by atoms with Gasteiger partial charge in [-0.25, -0.2) is 0 Å². The molecule has 1 atom stereocenters. The highest BCUT2D eigenvalue weighted by Gasteiger charge is 2.14. The van der Waals surface area contributed by atoms with Gasteiger partial charge in [-0.1, -0.05) is 19.1 Å². The van der Waals surface area contributed by atoms with Gasteiger partial charge in [0, 0.05) is 11.6 Å². The number of nitrogens with two attached hydrogens (primary N) is 1. The Kier molecular flexibility index (Phi) is 6.01. The molecule has 1 rings (SSSR count). The average Bonchev–Trinajstić information content (AvgIpc) is 2.39. The maximum atomic E-state index is 5.58. The van der Waals surface area contributed by atoms with Crippen molar-refractivity contribution in [2.75, 3.05) is 20.7 Å². The average molecular weight is 236 g/mol. The van der Waals surface area contributed by atoms with Gasteiger partial charge in [0.15, 0.2) is 0 Å². The van der Waals surface area contributed by atoms with Crippen molar-refractivity contribution in [3.05, 3.63) is 29.3 Å². The zero-order chi connectivity index (χ0) is 12.7. The highest BCUT2D eigenvalue weighted by atomic mass is 16.5. The molecule has 0 heterocycles. The van der Waals surface area contributed by atoms with E-state index in [0.29, 0.717) is 6.04 Å². The third kappa shape index (κ3) is 3.72.